The van der Waals surface area contributed by atoms with Gasteiger partial charge in [0.2, 0.25) is 0 Å². The van der Waals surface area contributed by atoms with Crippen molar-refractivity contribution in [2.75, 3.05) is 33.2 Å². The maximum absolute atomic E-state index is 9.92. The maximum atomic E-state index is 9.92. The van der Waals surface area contributed by atoms with Gasteiger partial charge in [-0.2, -0.15) is 20.4 Å². The van der Waals surface area contributed by atoms with Crippen LogP contribution in [0.15, 0.2) is 240 Å². The van der Waals surface area contributed by atoms with Crippen molar-refractivity contribution in [1.82, 2.24) is 63.4 Å². The largest absolute Gasteiger partial charge is 0.394 e. The SMILES string of the molecule is Brc1cnn2c(NCc3cncnc3)cc(-c3ccccc3)cc12.CC(C)(C)c1cc(NCc2cccnc2)n2ncc(Br)c2c1.Clc1cnn2c(NCc3cccnc3)cc(-c3ccccc3)cc12.OCC1(Nc2cc(NCc3cccnc3)n3ncc(Br)c3c2)CCCC1. The van der Waals surface area contributed by atoms with E-state index < -0.39 is 0 Å². The van der Waals surface area contributed by atoms with Crippen molar-refractivity contribution >= 4 is 110 Å². The number of fused-ring (bicyclic) bond motifs is 4. The molecule has 19 nitrogen and oxygen atoms in total. The first kappa shape index (κ1) is 66.4. The fourth-order valence-electron chi connectivity index (χ4n) is 11.2. The zero-order valence-electron chi connectivity index (χ0n) is 53.0. The fourth-order valence-corrected chi connectivity index (χ4v) is 12.5. The van der Waals surface area contributed by atoms with E-state index in [1.54, 1.807) is 49.6 Å². The molecule has 2 aromatic carbocycles. The van der Waals surface area contributed by atoms with E-state index >= 15 is 0 Å². The highest BCUT2D eigenvalue weighted by Gasteiger charge is 2.33. The van der Waals surface area contributed by atoms with Crippen molar-refractivity contribution in [3.8, 4) is 22.3 Å². The third-order valence-electron chi connectivity index (χ3n) is 16.3. The first-order valence-corrected chi connectivity index (χ1v) is 34.1. The average Bonchev–Trinajstić information content (AvgIpc) is 1.58. The van der Waals surface area contributed by atoms with Crippen LogP contribution >= 0.6 is 59.4 Å². The van der Waals surface area contributed by atoms with Crippen molar-refractivity contribution in [1.29, 1.82) is 0 Å². The number of aromatic nitrogens is 13. The van der Waals surface area contributed by atoms with Gasteiger partial charge in [0.15, 0.2) is 0 Å². The number of aliphatic hydroxyl groups excluding tert-OH is 1. The lowest BCUT2D eigenvalue weighted by atomic mass is 9.87. The Kier molecular flexibility index (Phi) is 21.4. The molecule has 0 atom stereocenters. The molecule has 1 fully saturated rings. The lowest BCUT2D eigenvalue weighted by molar-refractivity contribution is 0.214. The molecule has 1 aliphatic rings. The summed E-state index contributed by atoms with van der Waals surface area (Å²) < 4.78 is 10.4. The molecular formula is C73H70Br3ClN18O. The molecule has 1 saturated carbocycles. The first-order chi connectivity index (χ1) is 46.8. The highest BCUT2D eigenvalue weighted by atomic mass is 79.9. The van der Waals surface area contributed by atoms with E-state index in [0.717, 1.165) is 129 Å². The molecule has 486 valence electrons. The lowest BCUT2D eigenvalue weighted by Gasteiger charge is -2.29. The predicted molar refractivity (Wildman–Crippen MR) is 394 cm³/mol. The summed E-state index contributed by atoms with van der Waals surface area (Å²) in [6, 6.07) is 49.3. The van der Waals surface area contributed by atoms with Crippen LogP contribution in [0.1, 0.15) is 74.3 Å². The minimum Gasteiger partial charge on any atom is -0.394 e. The number of halogens is 4. The normalized spacial score (nSPS) is 12.5. The zero-order chi connectivity index (χ0) is 66.4. The molecule has 0 amide bonds. The van der Waals surface area contributed by atoms with E-state index in [1.165, 1.54) is 17.5 Å². The van der Waals surface area contributed by atoms with Crippen LogP contribution in [0.4, 0.5) is 29.0 Å². The molecule has 0 aliphatic heterocycles. The number of hydrogen-bond donors (Lipinski definition) is 6. The summed E-state index contributed by atoms with van der Waals surface area (Å²) in [5.41, 5.74) is 15.0. The lowest BCUT2D eigenvalue weighted by Crippen LogP contribution is -2.39. The molecule has 12 aromatic heterocycles. The quantitative estimate of drug-likeness (QED) is 0.0500. The maximum Gasteiger partial charge on any atom is 0.130 e. The molecular weight excluding hydrogens is 1420 g/mol. The monoisotopic (exact) mass is 1490 g/mol. The van der Waals surface area contributed by atoms with Gasteiger partial charge in [0.05, 0.1) is 77.4 Å². The Morgan fingerprint density at radius 2 is 0.844 bits per heavy atom. The highest BCUT2D eigenvalue weighted by Crippen LogP contribution is 2.36. The van der Waals surface area contributed by atoms with Gasteiger partial charge < -0.3 is 31.7 Å². The number of pyridine rings is 7. The second-order valence-corrected chi connectivity index (χ2v) is 27.1. The van der Waals surface area contributed by atoms with Gasteiger partial charge in [-0.15, -0.1) is 0 Å². The summed E-state index contributed by atoms with van der Waals surface area (Å²) >= 11 is 17.0. The minimum absolute atomic E-state index is 0.0796. The van der Waals surface area contributed by atoms with Gasteiger partial charge in [-0.1, -0.05) is 124 Å². The first-order valence-electron chi connectivity index (χ1n) is 31.3. The van der Waals surface area contributed by atoms with Gasteiger partial charge in [-0.25, -0.2) is 28.0 Å². The van der Waals surface area contributed by atoms with Crippen molar-refractivity contribution in [2.45, 2.75) is 83.6 Å². The Hall–Kier alpha value is -9.58. The molecule has 12 heterocycles. The zero-order valence-corrected chi connectivity index (χ0v) is 58.5. The molecule has 0 unspecified atom stereocenters. The van der Waals surface area contributed by atoms with Gasteiger partial charge in [0.1, 0.15) is 29.6 Å². The average molecular weight is 1490 g/mol. The van der Waals surface area contributed by atoms with Crippen LogP contribution in [-0.4, -0.2) is 80.6 Å². The molecule has 6 N–H and O–H groups in total. The molecule has 96 heavy (non-hydrogen) atoms. The summed E-state index contributed by atoms with van der Waals surface area (Å²) in [5.74, 6) is 3.69. The molecule has 23 heteroatoms. The van der Waals surface area contributed by atoms with Crippen molar-refractivity contribution < 1.29 is 5.11 Å². The molecule has 0 saturated heterocycles. The van der Waals surface area contributed by atoms with Gasteiger partial charge in [0.25, 0.3) is 0 Å². The number of benzene rings is 2. The van der Waals surface area contributed by atoms with Crippen LogP contribution in [0.3, 0.4) is 0 Å². The molecule has 15 rings (SSSR count). The van der Waals surface area contributed by atoms with Crippen molar-refractivity contribution in [3.63, 3.8) is 0 Å². The van der Waals surface area contributed by atoms with Crippen molar-refractivity contribution in [2.24, 2.45) is 0 Å². The second-order valence-electron chi connectivity index (χ2n) is 24.2. The van der Waals surface area contributed by atoms with Gasteiger partial charge in [0, 0.05) is 93.1 Å². The van der Waals surface area contributed by atoms with Gasteiger partial charge in [-0.05, 0) is 171 Å². The van der Waals surface area contributed by atoms with E-state index in [-0.39, 0.29) is 17.6 Å². The summed E-state index contributed by atoms with van der Waals surface area (Å²) in [6.07, 6.45) is 27.4. The van der Waals surface area contributed by atoms with Crippen LogP contribution < -0.4 is 26.6 Å². The van der Waals surface area contributed by atoms with Gasteiger partial charge in [-0.3, -0.25) is 15.0 Å². The van der Waals surface area contributed by atoms with Gasteiger partial charge >= 0.3 is 0 Å². The molecule has 0 radical (unpaired) electrons. The Bertz CT molecular complexity index is 4670. The number of rotatable bonds is 17. The molecule has 14 aromatic rings. The van der Waals surface area contributed by atoms with E-state index in [2.05, 4.69) is 219 Å². The molecule has 1 aliphatic carbocycles. The predicted octanol–water partition coefficient (Wildman–Crippen LogP) is 17.0. The number of nitrogens with one attached hydrogen (secondary N) is 5. The third kappa shape index (κ3) is 16.4. The summed E-state index contributed by atoms with van der Waals surface area (Å²) in [6.45, 7) is 9.47. The van der Waals surface area contributed by atoms with Crippen LogP contribution in [0.2, 0.25) is 5.02 Å². The Morgan fingerprint density at radius 1 is 0.438 bits per heavy atom. The Labute approximate surface area is 586 Å². The third-order valence-corrected chi connectivity index (χ3v) is 18.4. The van der Waals surface area contributed by atoms with Crippen LogP contribution in [0.25, 0.3) is 44.3 Å². The fraction of sp³-hybridized carbons (Fsp3) is 0.192. The topological polar surface area (TPSA) is 214 Å². The standard InChI is InChI=1S/C19H22BrN5O.C19H15ClN4.C18H14BrN5.C17H19BrN4/c20-16-12-23-25-17(16)8-15(24-19(13-26)5-1-2-6-19)9-18(25)22-11-14-4-3-7-21-10-14;20-17-13-23-24-18(17)9-16(15-6-2-1-3-7-15)10-19(24)22-12-14-5-4-8-21-11-14;19-16-11-23-24-17(16)6-15(14-4-2-1-3-5-14)7-18(24)22-10-13-8-20-12-21-9-13;1-17(2,3)13-7-15-14(18)11-21-22(15)16(8-13)20-10-12-5-4-6-19-9-12/h3-4,7-10,12,22,24,26H,1-2,5-6,11,13H2;1-11,13,22H,12H2;1-9,11-12,22H,10H2;4-9,11,20H,10H2,1-3H3. The van der Waals surface area contributed by atoms with Crippen molar-refractivity contribution in [3.05, 3.63) is 273 Å². The van der Waals surface area contributed by atoms with E-state index in [4.69, 9.17) is 11.6 Å². The number of aliphatic hydroxyl groups is 1. The van der Waals surface area contributed by atoms with Crippen LogP contribution in [0.5, 0.6) is 0 Å². The molecule has 0 bridgehead atoms. The van der Waals surface area contributed by atoms with E-state index in [0.29, 0.717) is 31.2 Å². The highest BCUT2D eigenvalue weighted by molar-refractivity contribution is 9.11. The second kappa shape index (κ2) is 30.9. The van der Waals surface area contributed by atoms with Crippen LogP contribution in [-0.2, 0) is 31.6 Å². The summed E-state index contributed by atoms with van der Waals surface area (Å²) in [7, 11) is 0. The number of anilines is 5. The Balaban J connectivity index is 0.000000123. The number of hydrogen-bond acceptors (Lipinski definition) is 15. The molecule has 0 spiro atoms. The smallest absolute Gasteiger partial charge is 0.130 e. The van der Waals surface area contributed by atoms with Crippen LogP contribution in [0, 0.1) is 0 Å². The summed E-state index contributed by atoms with van der Waals surface area (Å²) in [4.78, 5) is 20.5. The minimum atomic E-state index is -0.217. The summed E-state index contributed by atoms with van der Waals surface area (Å²) in [5, 5.41) is 45.6. The van der Waals surface area contributed by atoms with E-state index in [9.17, 15) is 5.11 Å². The van der Waals surface area contributed by atoms with E-state index in [1.807, 2.05) is 110 Å². The Morgan fingerprint density at radius 3 is 1.30 bits per heavy atom. The number of nitrogens with zero attached hydrogens (tertiary/aromatic N) is 13.